The molecule has 0 saturated carbocycles. The Morgan fingerprint density at radius 1 is 1.26 bits per heavy atom. The molecule has 1 aromatic heterocycles. The van der Waals surface area contributed by atoms with E-state index in [-0.39, 0.29) is 0 Å². The van der Waals surface area contributed by atoms with Crippen LogP contribution in [0.5, 0.6) is 5.75 Å². The van der Waals surface area contributed by atoms with Crippen molar-refractivity contribution in [2.45, 2.75) is 27.3 Å². The van der Waals surface area contributed by atoms with Crippen LogP contribution in [-0.2, 0) is 6.54 Å². The van der Waals surface area contributed by atoms with Crippen LogP contribution in [0.3, 0.4) is 0 Å². The maximum atomic E-state index is 5.71. The summed E-state index contributed by atoms with van der Waals surface area (Å²) in [5.41, 5.74) is 2.21. The van der Waals surface area contributed by atoms with E-state index in [4.69, 9.17) is 9.15 Å². The zero-order valence-electron chi connectivity index (χ0n) is 11.8. The van der Waals surface area contributed by atoms with Crippen molar-refractivity contribution < 1.29 is 9.15 Å². The molecule has 102 valence electrons. The first-order chi connectivity index (χ1) is 9.15. The molecule has 1 heterocycles. The van der Waals surface area contributed by atoms with Crippen molar-refractivity contribution in [3.8, 4) is 5.75 Å². The lowest BCUT2D eigenvalue weighted by atomic mass is 10.2. The number of benzene rings is 1. The maximum Gasteiger partial charge on any atom is 0.125 e. The van der Waals surface area contributed by atoms with Gasteiger partial charge in [-0.25, -0.2) is 0 Å². The van der Waals surface area contributed by atoms with Gasteiger partial charge in [0, 0.05) is 11.8 Å². The molecular weight excluding hydrogens is 238 g/mol. The van der Waals surface area contributed by atoms with Crippen LogP contribution in [0.4, 0.5) is 5.69 Å². The van der Waals surface area contributed by atoms with Crippen molar-refractivity contribution in [3.63, 3.8) is 0 Å². The minimum absolute atomic E-state index is 0.530. The van der Waals surface area contributed by atoms with Gasteiger partial charge in [-0.2, -0.15) is 0 Å². The highest BCUT2D eigenvalue weighted by atomic mass is 16.5. The molecule has 0 amide bonds. The van der Waals surface area contributed by atoms with Gasteiger partial charge in [-0.05, 0) is 36.6 Å². The number of hydrogen-bond acceptors (Lipinski definition) is 3. The lowest BCUT2D eigenvalue weighted by Gasteiger charge is -2.11. The van der Waals surface area contributed by atoms with E-state index in [2.05, 4.69) is 19.2 Å². The normalized spacial score (nSPS) is 10.7. The van der Waals surface area contributed by atoms with E-state index in [9.17, 15) is 0 Å². The first-order valence-electron chi connectivity index (χ1n) is 6.65. The van der Waals surface area contributed by atoms with Gasteiger partial charge in [0.15, 0.2) is 0 Å². The summed E-state index contributed by atoms with van der Waals surface area (Å²) in [7, 11) is 0. The van der Waals surface area contributed by atoms with Crippen LogP contribution >= 0.6 is 0 Å². The van der Waals surface area contributed by atoms with Gasteiger partial charge in [0.1, 0.15) is 11.5 Å². The van der Waals surface area contributed by atoms with E-state index in [1.54, 1.807) is 6.26 Å². The monoisotopic (exact) mass is 259 g/mol. The molecule has 0 aliphatic heterocycles. The van der Waals surface area contributed by atoms with Gasteiger partial charge in [-0.15, -0.1) is 0 Å². The average molecular weight is 259 g/mol. The van der Waals surface area contributed by atoms with Crippen molar-refractivity contribution in [3.05, 3.63) is 47.9 Å². The molecule has 1 N–H and O–H groups in total. The van der Waals surface area contributed by atoms with Gasteiger partial charge in [0.25, 0.3) is 0 Å². The fourth-order valence-corrected chi connectivity index (χ4v) is 1.73. The van der Waals surface area contributed by atoms with E-state index >= 15 is 0 Å². The molecule has 3 nitrogen and oxygen atoms in total. The van der Waals surface area contributed by atoms with Gasteiger partial charge >= 0.3 is 0 Å². The lowest BCUT2D eigenvalue weighted by molar-refractivity contribution is 0.271. The molecule has 0 bridgehead atoms. The van der Waals surface area contributed by atoms with E-state index in [0.717, 1.165) is 23.8 Å². The van der Waals surface area contributed by atoms with Crippen LogP contribution in [0, 0.1) is 12.8 Å². The van der Waals surface area contributed by atoms with E-state index in [0.29, 0.717) is 12.5 Å². The average Bonchev–Trinajstić information content (AvgIpc) is 2.80. The number of rotatable bonds is 6. The number of aryl methyl sites for hydroxylation is 1. The molecule has 0 aliphatic carbocycles. The van der Waals surface area contributed by atoms with Crippen LogP contribution in [0.25, 0.3) is 0 Å². The second-order valence-corrected chi connectivity index (χ2v) is 5.11. The third-order valence-corrected chi connectivity index (χ3v) is 2.84. The first kappa shape index (κ1) is 13.5. The number of furan rings is 1. The van der Waals surface area contributed by atoms with Gasteiger partial charge < -0.3 is 14.5 Å². The number of hydrogen-bond donors (Lipinski definition) is 1. The smallest absolute Gasteiger partial charge is 0.125 e. The molecule has 19 heavy (non-hydrogen) atoms. The van der Waals surface area contributed by atoms with Gasteiger partial charge in [0.05, 0.1) is 19.4 Å². The minimum Gasteiger partial charge on any atom is -0.493 e. The molecule has 0 fully saturated rings. The zero-order valence-corrected chi connectivity index (χ0v) is 11.8. The highest BCUT2D eigenvalue weighted by molar-refractivity contribution is 5.48. The summed E-state index contributed by atoms with van der Waals surface area (Å²) in [6, 6.07) is 9.99. The van der Waals surface area contributed by atoms with Crippen molar-refractivity contribution in [1.82, 2.24) is 0 Å². The highest BCUT2D eigenvalue weighted by Crippen LogP contribution is 2.19. The fourth-order valence-electron chi connectivity index (χ4n) is 1.73. The van der Waals surface area contributed by atoms with Gasteiger partial charge in [-0.3, -0.25) is 0 Å². The molecule has 0 unspecified atom stereocenters. The van der Waals surface area contributed by atoms with Crippen molar-refractivity contribution >= 4 is 5.69 Å². The van der Waals surface area contributed by atoms with Gasteiger partial charge in [-0.1, -0.05) is 19.9 Å². The topological polar surface area (TPSA) is 34.4 Å². The molecule has 3 heteroatoms. The summed E-state index contributed by atoms with van der Waals surface area (Å²) in [4.78, 5) is 0. The molecular formula is C16H21NO2. The molecule has 0 saturated heterocycles. The van der Waals surface area contributed by atoms with Crippen LogP contribution in [0.2, 0.25) is 0 Å². The lowest BCUT2D eigenvalue weighted by Crippen LogP contribution is -2.05. The zero-order chi connectivity index (χ0) is 13.7. The van der Waals surface area contributed by atoms with Crippen molar-refractivity contribution in [1.29, 1.82) is 0 Å². The Hall–Kier alpha value is -1.90. The number of anilines is 1. The maximum absolute atomic E-state index is 5.71. The van der Waals surface area contributed by atoms with E-state index < -0.39 is 0 Å². The Kier molecular flexibility index (Phi) is 4.50. The quantitative estimate of drug-likeness (QED) is 0.842. The van der Waals surface area contributed by atoms with E-state index in [1.807, 2.05) is 37.3 Å². The summed E-state index contributed by atoms with van der Waals surface area (Å²) in [5, 5.41) is 3.34. The van der Waals surface area contributed by atoms with Gasteiger partial charge in [0.2, 0.25) is 0 Å². The molecule has 0 atom stereocenters. The SMILES string of the molecule is Cc1ccoc1CNc1cccc(OCC(C)C)c1. The minimum atomic E-state index is 0.530. The largest absolute Gasteiger partial charge is 0.493 e. The summed E-state index contributed by atoms with van der Waals surface area (Å²) < 4.78 is 11.1. The number of ether oxygens (including phenoxy) is 1. The second-order valence-electron chi connectivity index (χ2n) is 5.11. The van der Waals surface area contributed by atoms with Crippen LogP contribution in [-0.4, -0.2) is 6.61 Å². The van der Waals surface area contributed by atoms with Crippen LogP contribution in [0.1, 0.15) is 25.2 Å². The predicted molar refractivity (Wildman–Crippen MR) is 77.5 cm³/mol. The standard InChI is InChI=1S/C16H21NO2/c1-12(2)11-19-15-6-4-5-14(9-15)17-10-16-13(3)7-8-18-16/h4-9,12,17H,10-11H2,1-3H3. The molecule has 1 aromatic carbocycles. The fraction of sp³-hybridized carbons (Fsp3) is 0.375. The van der Waals surface area contributed by atoms with Crippen molar-refractivity contribution in [2.24, 2.45) is 5.92 Å². The Labute approximate surface area is 114 Å². The molecule has 2 aromatic rings. The van der Waals surface area contributed by atoms with Crippen molar-refractivity contribution in [2.75, 3.05) is 11.9 Å². The van der Waals surface area contributed by atoms with Crippen LogP contribution in [0.15, 0.2) is 41.0 Å². The molecule has 0 radical (unpaired) electrons. The highest BCUT2D eigenvalue weighted by Gasteiger charge is 2.02. The molecule has 0 aliphatic rings. The third-order valence-electron chi connectivity index (χ3n) is 2.84. The molecule has 2 rings (SSSR count). The summed E-state index contributed by atoms with van der Waals surface area (Å²) in [6.07, 6.45) is 1.72. The first-order valence-corrected chi connectivity index (χ1v) is 6.65. The predicted octanol–water partition coefficient (Wildman–Crippen LogP) is 4.23. The third kappa shape index (κ3) is 4.05. The second kappa shape index (κ2) is 6.32. The Morgan fingerprint density at radius 2 is 2.11 bits per heavy atom. The summed E-state index contributed by atoms with van der Waals surface area (Å²) in [5.74, 6) is 2.39. The molecule has 0 spiro atoms. The van der Waals surface area contributed by atoms with Crippen LogP contribution < -0.4 is 10.1 Å². The Bertz CT molecular complexity index is 517. The summed E-state index contributed by atoms with van der Waals surface area (Å²) >= 11 is 0. The number of nitrogens with one attached hydrogen (secondary N) is 1. The summed E-state index contributed by atoms with van der Waals surface area (Å²) in [6.45, 7) is 7.75. The Balaban J connectivity index is 1.93. The Morgan fingerprint density at radius 3 is 2.79 bits per heavy atom. The van der Waals surface area contributed by atoms with E-state index in [1.165, 1.54) is 5.56 Å².